The van der Waals surface area contributed by atoms with Gasteiger partial charge in [-0.25, -0.2) is 0 Å². The zero-order valence-corrected chi connectivity index (χ0v) is 23.4. The van der Waals surface area contributed by atoms with Crippen molar-refractivity contribution in [1.82, 2.24) is 15.5 Å². The first-order chi connectivity index (χ1) is 18.2. The molecule has 7 nitrogen and oxygen atoms in total. The van der Waals surface area contributed by atoms with Crippen molar-refractivity contribution in [3.8, 4) is 0 Å². The van der Waals surface area contributed by atoms with Crippen LogP contribution >= 0.6 is 23.1 Å². The summed E-state index contributed by atoms with van der Waals surface area (Å²) in [6.07, 6.45) is -1.26. The number of aryl methyl sites for hydroxylation is 1. The van der Waals surface area contributed by atoms with Crippen LogP contribution in [-0.4, -0.2) is 56.5 Å². The minimum atomic E-state index is -1.53. The number of hydrogen-bond donors (Lipinski definition) is 3. The summed E-state index contributed by atoms with van der Waals surface area (Å²) in [7, 11) is 0. The van der Waals surface area contributed by atoms with Crippen LogP contribution in [0.25, 0.3) is 0 Å². The SMILES string of the molecule is Cc1ccccc1CNC(=O)[C@H]1N(C(=O)[C@@H](O)[C@H](Cc2ccccc2)NC(=O)c2cccs2)CSC1(C)C. The number of rotatable bonds is 9. The number of amides is 3. The Balaban J connectivity index is 1.52. The highest BCUT2D eigenvalue weighted by Gasteiger charge is 2.49. The van der Waals surface area contributed by atoms with E-state index in [1.807, 2.05) is 75.4 Å². The van der Waals surface area contributed by atoms with E-state index in [2.05, 4.69) is 10.6 Å². The minimum absolute atomic E-state index is 0.263. The van der Waals surface area contributed by atoms with Gasteiger partial charge in [0.15, 0.2) is 6.10 Å². The molecule has 1 aliphatic rings. The number of hydrogen-bond acceptors (Lipinski definition) is 6. The first kappa shape index (κ1) is 27.9. The molecule has 1 aliphatic heterocycles. The Bertz CT molecular complexity index is 1260. The molecule has 2 aromatic carbocycles. The summed E-state index contributed by atoms with van der Waals surface area (Å²) < 4.78 is -0.555. The summed E-state index contributed by atoms with van der Waals surface area (Å²) in [5.41, 5.74) is 2.95. The van der Waals surface area contributed by atoms with Gasteiger partial charge in [-0.05, 0) is 55.3 Å². The van der Waals surface area contributed by atoms with Crippen molar-refractivity contribution < 1.29 is 19.5 Å². The van der Waals surface area contributed by atoms with Crippen LogP contribution in [0, 0.1) is 6.92 Å². The molecular formula is C29H33N3O4S2. The van der Waals surface area contributed by atoms with Crippen molar-refractivity contribution in [3.05, 3.63) is 93.7 Å². The Kier molecular flexibility index (Phi) is 8.91. The van der Waals surface area contributed by atoms with E-state index >= 15 is 0 Å². The molecule has 3 amide bonds. The van der Waals surface area contributed by atoms with E-state index in [0.29, 0.717) is 11.4 Å². The van der Waals surface area contributed by atoms with E-state index in [4.69, 9.17) is 0 Å². The van der Waals surface area contributed by atoms with Gasteiger partial charge >= 0.3 is 0 Å². The van der Waals surface area contributed by atoms with Crippen LogP contribution in [0.15, 0.2) is 72.1 Å². The van der Waals surface area contributed by atoms with Gasteiger partial charge in [-0.15, -0.1) is 23.1 Å². The molecule has 3 N–H and O–H groups in total. The van der Waals surface area contributed by atoms with E-state index in [1.54, 1.807) is 17.5 Å². The maximum absolute atomic E-state index is 13.7. The Labute approximate surface area is 231 Å². The van der Waals surface area contributed by atoms with Gasteiger partial charge in [0, 0.05) is 11.3 Å². The number of aliphatic hydroxyl groups excluding tert-OH is 1. The van der Waals surface area contributed by atoms with E-state index in [1.165, 1.54) is 28.0 Å². The average molecular weight is 552 g/mol. The molecule has 9 heteroatoms. The zero-order valence-electron chi connectivity index (χ0n) is 21.7. The predicted octanol–water partition coefficient (Wildman–Crippen LogP) is 3.76. The highest BCUT2D eigenvalue weighted by molar-refractivity contribution is 8.00. The van der Waals surface area contributed by atoms with Crippen molar-refractivity contribution >= 4 is 40.8 Å². The largest absolute Gasteiger partial charge is 0.381 e. The Morgan fingerprint density at radius 3 is 2.45 bits per heavy atom. The quantitative estimate of drug-likeness (QED) is 0.376. The number of thiophene rings is 1. The number of thioether (sulfide) groups is 1. The van der Waals surface area contributed by atoms with Crippen LogP contribution in [0.1, 0.15) is 40.2 Å². The lowest BCUT2D eigenvalue weighted by Gasteiger charge is -2.33. The van der Waals surface area contributed by atoms with Crippen molar-refractivity contribution in [2.75, 3.05) is 5.88 Å². The molecule has 1 fully saturated rings. The van der Waals surface area contributed by atoms with Crippen LogP contribution in [0.5, 0.6) is 0 Å². The number of nitrogens with zero attached hydrogens (tertiary/aromatic N) is 1. The first-order valence-electron chi connectivity index (χ1n) is 12.5. The zero-order chi connectivity index (χ0) is 27.3. The van der Waals surface area contributed by atoms with Crippen LogP contribution in [0.2, 0.25) is 0 Å². The van der Waals surface area contributed by atoms with Gasteiger partial charge < -0.3 is 20.6 Å². The molecule has 200 valence electrons. The molecule has 1 aromatic heterocycles. The number of carbonyl (C=O) groups excluding carboxylic acids is 3. The monoisotopic (exact) mass is 551 g/mol. The van der Waals surface area contributed by atoms with Gasteiger partial charge in [-0.3, -0.25) is 14.4 Å². The van der Waals surface area contributed by atoms with Crippen LogP contribution in [-0.2, 0) is 22.6 Å². The minimum Gasteiger partial charge on any atom is -0.381 e. The molecule has 0 unspecified atom stereocenters. The molecule has 3 atom stereocenters. The summed E-state index contributed by atoms with van der Waals surface area (Å²) in [6.45, 7) is 6.19. The highest BCUT2D eigenvalue weighted by atomic mass is 32.2. The maximum atomic E-state index is 13.7. The fourth-order valence-corrected chi connectivity index (χ4v) is 6.37. The van der Waals surface area contributed by atoms with Crippen molar-refractivity contribution in [3.63, 3.8) is 0 Å². The second-order valence-corrected chi connectivity index (χ2v) is 12.5. The summed E-state index contributed by atoms with van der Waals surface area (Å²) in [6, 6.07) is 19.0. The normalized spacial score (nSPS) is 18.0. The summed E-state index contributed by atoms with van der Waals surface area (Å²) >= 11 is 2.78. The van der Waals surface area contributed by atoms with Crippen molar-refractivity contribution in [2.45, 2.75) is 56.7 Å². The fraction of sp³-hybridized carbons (Fsp3) is 0.345. The molecule has 2 heterocycles. The lowest BCUT2D eigenvalue weighted by Crippen LogP contribution is -2.58. The molecule has 0 aliphatic carbocycles. The molecule has 3 aromatic rings. The first-order valence-corrected chi connectivity index (χ1v) is 14.4. The summed E-state index contributed by atoms with van der Waals surface area (Å²) in [4.78, 5) is 41.9. The van der Waals surface area contributed by atoms with E-state index in [0.717, 1.165) is 16.7 Å². The fourth-order valence-electron chi connectivity index (χ4n) is 4.60. The standard InChI is InChI=1S/C29H33N3O4S2/c1-19-10-7-8-13-21(19)17-30-27(35)25-29(2,3)38-18-32(25)28(36)24(33)22(16-20-11-5-4-6-12-20)31-26(34)23-14-9-15-37-23/h4-15,22,24-25,33H,16-18H2,1-3H3,(H,30,35)(H,31,34)/t22-,24-,25+/m0/s1. The average Bonchev–Trinajstić information content (AvgIpc) is 3.55. The van der Waals surface area contributed by atoms with Gasteiger partial charge in [0.05, 0.1) is 16.8 Å². The lowest BCUT2D eigenvalue weighted by atomic mass is 9.97. The smallest absolute Gasteiger partial charge is 0.261 e. The molecule has 0 spiro atoms. The summed E-state index contributed by atoms with van der Waals surface area (Å²) in [5, 5.41) is 19.0. The predicted molar refractivity (Wildman–Crippen MR) is 152 cm³/mol. The topological polar surface area (TPSA) is 98.7 Å². The Hall–Kier alpha value is -3.14. The third kappa shape index (κ3) is 6.46. The molecular weight excluding hydrogens is 518 g/mol. The highest BCUT2D eigenvalue weighted by Crippen LogP contribution is 2.40. The van der Waals surface area contributed by atoms with E-state index in [-0.39, 0.29) is 24.1 Å². The van der Waals surface area contributed by atoms with Crippen LogP contribution in [0.4, 0.5) is 0 Å². The third-order valence-electron chi connectivity index (χ3n) is 6.79. The van der Waals surface area contributed by atoms with Gasteiger partial charge in [-0.2, -0.15) is 0 Å². The third-order valence-corrected chi connectivity index (χ3v) is 9.03. The van der Waals surface area contributed by atoms with E-state index < -0.39 is 28.8 Å². The number of nitrogens with one attached hydrogen (secondary N) is 2. The van der Waals surface area contributed by atoms with Gasteiger partial charge in [0.25, 0.3) is 11.8 Å². The number of aliphatic hydroxyl groups is 1. The Morgan fingerprint density at radius 2 is 1.76 bits per heavy atom. The Morgan fingerprint density at radius 1 is 1.05 bits per heavy atom. The number of carbonyl (C=O) groups is 3. The summed E-state index contributed by atoms with van der Waals surface area (Å²) in [5.74, 6) is -0.934. The molecule has 38 heavy (non-hydrogen) atoms. The van der Waals surface area contributed by atoms with Gasteiger partial charge in [0.1, 0.15) is 6.04 Å². The molecule has 1 saturated heterocycles. The maximum Gasteiger partial charge on any atom is 0.261 e. The van der Waals surface area contributed by atoms with Crippen LogP contribution in [0.3, 0.4) is 0 Å². The second-order valence-electron chi connectivity index (χ2n) is 9.92. The van der Waals surface area contributed by atoms with Gasteiger partial charge in [0.2, 0.25) is 5.91 Å². The van der Waals surface area contributed by atoms with E-state index in [9.17, 15) is 19.5 Å². The molecule has 0 saturated carbocycles. The van der Waals surface area contributed by atoms with Crippen LogP contribution < -0.4 is 10.6 Å². The molecule has 0 radical (unpaired) electrons. The van der Waals surface area contributed by atoms with Gasteiger partial charge in [-0.1, -0.05) is 60.7 Å². The number of benzene rings is 2. The van der Waals surface area contributed by atoms with Crippen molar-refractivity contribution in [2.24, 2.45) is 0 Å². The van der Waals surface area contributed by atoms with Crippen molar-refractivity contribution in [1.29, 1.82) is 0 Å². The lowest BCUT2D eigenvalue weighted by molar-refractivity contribution is -0.147. The molecule has 0 bridgehead atoms. The molecule has 4 rings (SSSR count). The second kappa shape index (κ2) is 12.1.